The van der Waals surface area contributed by atoms with E-state index < -0.39 is 5.91 Å². The van der Waals surface area contributed by atoms with Crippen LogP contribution in [0.5, 0.6) is 11.5 Å². The molecule has 0 unspecified atom stereocenters. The average molecular weight is 370 g/mol. The first kappa shape index (κ1) is 19.4. The maximum Gasteiger partial charge on any atom is 0.306 e. The van der Waals surface area contributed by atoms with Crippen molar-refractivity contribution in [3.05, 3.63) is 17.2 Å². The molecule has 7 heteroatoms. The van der Waals surface area contributed by atoms with Gasteiger partial charge in [-0.1, -0.05) is 30.9 Å². The van der Waals surface area contributed by atoms with Gasteiger partial charge in [-0.2, -0.15) is 0 Å². The normalized spacial score (nSPS) is 14.7. The van der Waals surface area contributed by atoms with E-state index >= 15 is 0 Å². The molecule has 0 heterocycles. The van der Waals surface area contributed by atoms with Gasteiger partial charge < -0.3 is 19.5 Å². The van der Waals surface area contributed by atoms with Crippen LogP contribution in [0.3, 0.4) is 0 Å². The van der Waals surface area contributed by atoms with Crippen molar-refractivity contribution < 1.29 is 23.8 Å². The Bertz CT molecular complexity index is 614. The van der Waals surface area contributed by atoms with Crippen molar-refractivity contribution in [2.45, 2.75) is 38.5 Å². The Morgan fingerprint density at radius 2 is 1.80 bits per heavy atom. The molecule has 1 aromatic carbocycles. The lowest BCUT2D eigenvalue weighted by molar-refractivity contribution is -0.148. The summed E-state index contributed by atoms with van der Waals surface area (Å²) in [4.78, 5) is 23.9. The van der Waals surface area contributed by atoms with E-state index in [0.29, 0.717) is 34.5 Å². The Labute approximate surface area is 152 Å². The summed E-state index contributed by atoms with van der Waals surface area (Å²) in [6, 6.07) is 3.11. The Kier molecular flexibility index (Phi) is 7.37. The molecule has 138 valence electrons. The van der Waals surface area contributed by atoms with Gasteiger partial charge in [0, 0.05) is 18.6 Å². The summed E-state index contributed by atoms with van der Waals surface area (Å²) in [5.41, 5.74) is 0.400. The quantitative estimate of drug-likeness (QED) is 0.740. The minimum atomic E-state index is -0.445. The number of hydrogen-bond donors (Lipinski definition) is 1. The summed E-state index contributed by atoms with van der Waals surface area (Å²) in [5.74, 6) is 0.409. The maximum absolute atomic E-state index is 12.0. The van der Waals surface area contributed by atoms with Crippen LogP contribution in [-0.4, -0.2) is 32.7 Å². The van der Waals surface area contributed by atoms with Crippen molar-refractivity contribution in [1.29, 1.82) is 0 Å². The molecule has 1 aliphatic rings. The molecule has 0 saturated heterocycles. The van der Waals surface area contributed by atoms with Gasteiger partial charge in [0.2, 0.25) is 0 Å². The van der Waals surface area contributed by atoms with E-state index in [4.69, 9.17) is 25.8 Å². The largest absolute Gasteiger partial charge is 0.495 e. The van der Waals surface area contributed by atoms with Gasteiger partial charge in [-0.05, 0) is 18.8 Å². The molecular formula is C18H24ClNO5. The lowest BCUT2D eigenvalue weighted by atomic mass is 9.87. The van der Waals surface area contributed by atoms with Crippen LogP contribution in [0.1, 0.15) is 38.5 Å². The van der Waals surface area contributed by atoms with E-state index in [1.165, 1.54) is 20.6 Å². The first-order valence-electron chi connectivity index (χ1n) is 8.40. The number of methoxy groups -OCH3 is 2. The second kappa shape index (κ2) is 9.51. The molecule has 0 spiro atoms. The Balaban J connectivity index is 1.86. The van der Waals surface area contributed by atoms with Gasteiger partial charge in [0.1, 0.15) is 11.5 Å². The molecule has 0 aliphatic heterocycles. The summed E-state index contributed by atoms with van der Waals surface area (Å²) < 4.78 is 15.4. The zero-order chi connectivity index (χ0) is 18.2. The van der Waals surface area contributed by atoms with Crippen molar-refractivity contribution in [3.8, 4) is 11.5 Å². The van der Waals surface area contributed by atoms with E-state index in [9.17, 15) is 9.59 Å². The highest BCUT2D eigenvalue weighted by Gasteiger charge is 2.19. The van der Waals surface area contributed by atoms with Crippen molar-refractivity contribution >= 4 is 29.2 Å². The molecule has 1 aromatic rings. The molecule has 6 nitrogen and oxygen atoms in total. The first-order chi connectivity index (χ1) is 12.0. The van der Waals surface area contributed by atoms with Crippen LogP contribution in [0, 0.1) is 5.92 Å². The second-order valence-corrected chi connectivity index (χ2v) is 6.51. The Hall–Kier alpha value is -1.95. The van der Waals surface area contributed by atoms with Crippen LogP contribution in [-0.2, 0) is 14.3 Å². The molecule has 0 atom stereocenters. The summed E-state index contributed by atoms with van der Waals surface area (Å²) in [7, 11) is 2.95. The number of halogens is 1. The predicted molar refractivity (Wildman–Crippen MR) is 95.3 cm³/mol. The molecule has 1 amide bonds. The van der Waals surface area contributed by atoms with Crippen molar-refractivity contribution in [2.75, 3.05) is 26.1 Å². The summed E-state index contributed by atoms with van der Waals surface area (Å²) >= 11 is 6.03. The molecule has 1 fully saturated rings. The van der Waals surface area contributed by atoms with Crippen molar-refractivity contribution in [3.63, 3.8) is 0 Å². The van der Waals surface area contributed by atoms with Gasteiger partial charge in [0.15, 0.2) is 6.61 Å². The smallest absolute Gasteiger partial charge is 0.306 e. The van der Waals surface area contributed by atoms with E-state index in [1.54, 1.807) is 12.1 Å². The number of amides is 1. The van der Waals surface area contributed by atoms with Gasteiger partial charge in [0.05, 0.1) is 24.9 Å². The Morgan fingerprint density at radius 1 is 1.12 bits per heavy atom. The van der Waals surface area contributed by atoms with Crippen molar-refractivity contribution in [2.24, 2.45) is 5.92 Å². The van der Waals surface area contributed by atoms with Gasteiger partial charge in [-0.15, -0.1) is 0 Å². The lowest BCUT2D eigenvalue weighted by Gasteiger charge is -2.20. The molecular weight excluding hydrogens is 346 g/mol. The topological polar surface area (TPSA) is 73.9 Å². The molecule has 25 heavy (non-hydrogen) atoms. The fraction of sp³-hybridized carbons (Fsp3) is 0.556. The van der Waals surface area contributed by atoms with Crippen LogP contribution in [0.15, 0.2) is 12.1 Å². The highest BCUT2D eigenvalue weighted by atomic mass is 35.5. The SMILES string of the molecule is COc1cc(NC(=O)COC(=O)CC2CCCCC2)c(OC)cc1Cl. The number of ether oxygens (including phenoxy) is 3. The lowest BCUT2D eigenvalue weighted by Crippen LogP contribution is -2.22. The van der Waals surface area contributed by atoms with Crippen LogP contribution in [0.4, 0.5) is 5.69 Å². The summed E-state index contributed by atoms with van der Waals surface area (Å²) in [6.07, 6.45) is 6.06. The molecule has 0 aromatic heterocycles. The third-order valence-corrected chi connectivity index (χ3v) is 4.59. The van der Waals surface area contributed by atoms with Crippen molar-refractivity contribution in [1.82, 2.24) is 0 Å². The highest BCUT2D eigenvalue weighted by Crippen LogP contribution is 2.35. The van der Waals surface area contributed by atoms with Gasteiger partial charge in [-0.25, -0.2) is 0 Å². The monoisotopic (exact) mass is 369 g/mol. The second-order valence-electron chi connectivity index (χ2n) is 6.10. The average Bonchev–Trinajstić information content (AvgIpc) is 2.62. The number of hydrogen-bond acceptors (Lipinski definition) is 5. The van der Waals surface area contributed by atoms with E-state index in [-0.39, 0.29) is 12.6 Å². The van der Waals surface area contributed by atoms with Crippen LogP contribution in [0.25, 0.3) is 0 Å². The molecule has 2 rings (SSSR count). The highest BCUT2D eigenvalue weighted by molar-refractivity contribution is 6.32. The number of carbonyl (C=O) groups excluding carboxylic acids is 2. The number of esters is 1. The molecule has 1 aliphatic carbocycles. The van der Waals surface area contributed by atoms with Crippen LogP contribution in [0.2, 0.25) is 5.02 Å². The molecule has 1 N–H and O–H groups in total. The molecule has 0 radical (unpaired) electrons. The summed E-state index contributed by atoms with van der Waals surface area (Å²) in [5, 5.41) is 3.01. The minimum absolute atomic E-state index is 0.331. The van der Waals surface area contributed by atoms with Gasteiger partial charge in [-0.3, -0.25) is 9.59 Å². The maximum atomic E-state index is 12.0. The van der Waals surface area contributed by atoms with E-state index in [0.717, 1.165) is 25.7 Å². The van der Waals surface area contributed by atoms with Gasteiger partial charge >= 0.3 is 5.97 Å². The van der Waals surface area contributed by atoms with E-state index in [2.05, 4.69) is 5.32 Å². The minimum Gasteiger partial charge on any atom is -0.495 e. The number of nitrogens with one attached hydrogen (secondary N) is 1. The fourth-order valence-electron chi connectivity index (χ4n) is 2.98. The molecule has 1 saturated carbocycles. The van der Waals surface area contributed by atoms with Crippen LogP contribution >= 0.6 is 11.6 Å². The summed E-state index contributed by atoms with van der Waals surface area (Å²) in [6.45, 7) is -0.334. The number of carbonyl (C=O) groups is 2. The first-order valence-corrected chi connectivity index (χ1v) is 8.78. The zero-order valence-electron chi connectivity index (χ0n) is 14.6. The standard InChI is InChI=1S/C18H24ClNO5/c1-23-15-10-14(16(24-2)9-13(15)19)20-17(21)11-25-18(22)8-12-6-4-3-5-7-12/h9-10,12H,3-8,11H2,1-2H3,(H,20,21). The van der Waals surface area contributed by atoms with Gasteiger partial charge in [0.25, 0.3) is 5.91 Å². The Morgan fingerprint density at radius 3 is 2.44 bits per heavy atom. The third-order valence-electron chi connectivity index (χ3n) is 4.29. The third kappa shape index (κ3) is 5.81. The molecule has 0 bridgehead atoms. The number of rotatable bonds is 7. The zero-order valence-corrected chi connectivity index (χ0v) is 15.4. The number of anilines is 1. The van der Waals surface area contributed by atoms with Crippen LogP contribution < -0.4 is 14.8 Å². The van der Waals surface area contributed by atoms with E-state index in [1.807, 2.05) is 0 Å². The number of benzene rings is 1. The fourth-order valence-corrected chi connectivity index (χ4v) is 3.21. The predicted octanol–water partition coefficient (Wildman–Crippen LogP) is 3.81.